The molecule has 0 saturated heterocycles. The quantitative estimate of drug-likeness (QED) is 0.737. The number of benzene rings is 1. The molecule has 0 radical (unpaired) electrons. The van der Waals surface area contributed by atoms with E-state index in [2.05, 4.69) is 0 Å². The predicted molar refractivity (Wildman–Crippen MR) is 50.4 cm³/mol. The summed E-state index contributed by atoms with van der Waals surface area (Å²) in [6, 6.07) is 0.645. The Bertz CT molecular complexity index is 313. The summed E-state index contributed by atoms with van der Waals surface area (Å²) in [5.74, 6) is -1.14. The lowest BCUT2D eigenvalue weighted by Crippen LogP contribution is -2.08. The van der Waals surface area contributed by atoms with E-state index in [0.29, 0.717) is 11.1 Å². The second-order valence-electron chi connectivity index (χ2n) is 3.02. The Kier molecular flexibility index (Phi) is 2.78. The Labute approximate surface area is 81.1 Å². The first-order chi connectivity index (χ1) is 5.95. The van der Waals surface area contributed by atoms with E-state index >= 15 is 0 Å². The van der Waals surface area contributed by atoms with Gasteiger partial charge in [0.05, 0.1) is 0 Å². The van der Waals surface area contributed by atoms with Crippen LogP contribution in [0.25, 0.3) is 0 Å². The molecule has 0 spiro atoms. The Morgan fingerprint density at radius 2 is 2.15 bits per heavy atom. The van der Waals surface area contributed by atoms with Crippen molar-refractivity contribution in [2.75, 3.05) is 0 Å². The molecule has 2 nitrogen and oxygen atoms in total. The number of hydrogen-bond donors (Lipinski definition) is 2. The summed E-state index contributed by atoms with van der Waals surface area (Å²) in [6.07, 6.45) is 0. The van der Waals surface area contributed by atoms with Crippen LogP contribution in [0.1, 0.15) is 24.1 Å². The highest BCUT2D eigenvalue weighted by molar-refractivity contribution is 6.31. The van der Waals surface area contributed by atoms with Crippen molar-refractivity contribution < 1.29 is 9.50 Å². The first kappa shape index (κ1) is 10.3. The number of phenolic OH excluding ortho intramolecular Hbond substituents is 1. The van der Waals surface area contributed by atoms with Crippen LogP contribution in [0.4, 0.5) is 4.39 Å². The molecule has 0 saturated carbocycles. The smallest absolute Gasteiger partial charge is 0.166 e. The number of phenols is 1. The molecular weight excluding hydrogens is 193 g/mol. The normalized spacial score (nSPS) is 13.0. The van der Waals surface area contributed by atoms with Gasteiger partial charge in [0.25, 0.3) is 0 Å². The molecule has 1 unspecified atom stereocenters. The van der Waals surface area contributed by atoms with Gasteiger partial charge in [0.1, 0.15) is 0 Å². The molecular formula is C9H11ClFNO. The molecule has 0 aromatic heterocycles. The lowest BCUT2D eigenvalue weighted by Gasteiger charge is -2.13. The van der Waals surface area contributed by atoms with Crippen molar-refractivity contribution in [2.45, 2.75) is 19.9 Å². The number of rotatable bonds is 1. The van der Waals surface area contributed by atoms with Gasteiger partial charge in [-0.3, -0.25) is 0 Å². The highest BCUT2D eigenvalue weighted by Gasteiger charge is 2.16. The summed E-state index contributed by atoms with van der Waals surface area (Å²) in [5, 5.41) is 9.64. The molecule has 1 rings (SSSR count). The molecule has 1 aromatic rings. The van der Waals surface area contributed by atoms with Crippen molar-refractivity contribution in [2.24, 2.45) is 5.73 Å². The van der Waals surface area contributed by atoms with Gasteiger partial charge < -0.3 is 10.8 Å². The topological polar surface area (TPSA) is 46.2 Å². The van der Waals surface area contributed by atoms with Gasteiger partial charge in [-0.25, -0.2) is 4.39 Å². The average Bonchev–Trinajstić information content (AvgIpc) is 2.01. The van der Waals surface area contributed by atoms with Crippen molar-refractivity contribution in [1.82, 2.24) is 0 Å². The first-order valence-corrected chi connectivity index (χ1v) is 4.26. The number of hydrogen-bond acceptors (Lipinski definition) is 2. The minimum absolute atomic E-state index is 0.280. The summed E-state index contributed by atoms with van der Waals surface area (Å²) in [5.41, 5.74) is 6.55. The zero-order valence-corrected chi connectivity index (χ0v) is 8.19. The third-order valence-electron chi connectivity index (χ3n) is 1.95. The van der Waals surface area contributed by atoms with Crippen LogP contribution < -0.4 is 5.73 Å². The molecule has 0 aliphatic rings. The third-order valence-corrected chi connectivity index (χ3v) is 2.34. The van der Waals surface area contributed by atoms with E-state index in [4.69, 9.17) is 17.3 Å². The van der Waals surface area contributed by atoms with Crippen LogP contribution in [0.15, 0.2) is 6.07 Å². The largest absolute Gasteiger partial charge is 0.505 e. The molecule has 13 heavy (non-hydrogen) atoms. The third kappa shape index (κ3) is 1.76. The Morgan fingerprint density at radius 3 is 2.62 bits per heavy atom. The van der Waals surface area contributed by atoms with Gasteiger partial charge in [-0.1, -0.05) is 11.6 Å². The van der Waals surface area contributed by atoms with Crippen molar-refractivity contribution in [1.29, 1.82) is 0 Å². The lowest BCUT2D eigenvalue weighted by molar-refractivity contribution is 0.421. The summed E-state index contributed by atoms with van der Waals surface area (Å²) in [6.45, 7) is 3.36. The Morgan fingerprint density at radius 1 is 1.62 bits per heavy atom. The zero-order valence-electron chi connectivity index (χ0n) is 7.44. The fourth-order valence-electron chi connectivity index (χ4n) is 1.28. The van der Waals surface area contributed by atoms with Gasteiger partial charge >= 0.3 is 0 Å². The van der Waals surface area contributed by atoms with E-state index in [-0.39, 0.29) is 5.02 Å². The van der Waals surface area contributed by atoms with Crippen LogP contribution in [-0.2, 0) is 0 Å². The maximum absolute atomic E-state index is 13.0. The molecule has 0 aliphatic heterocycles. The van der Waals surface area contributed by atoms with Crippen LogP contribution in [0, 0.1) is 12.7 Å². The fourth-order valence-corrected chi connectivity index (χ4v) is 1.48. The van der Waals surface area contributed by atoms with Crippen LogP contribution in [-0.4, -0.2) is 5.11 Å². The second kappa shape index (κ2) is 3.52. The van der Waals surface area contributed by atoms with Crippen molar-refractivity contribution in [3.63, 3.8) is 0 Å². The minimum atomic E-state index is -0.733. The average molecular weight is 204 g/mol. The fraction of sp³-hybridized carbons (Fsp3) is 0.333. The molecule has 72 valence electrons. The van der Waals surface area contributed by atoms with E-state index < -0.39 is 17.6 Å². The Balaban J connectivity index is 3.46. The van der Waals surface area contributed by atoms with E-state index in [1.807, 2.05) is 0 Å². The monoisotopic (exact) mass is 203 g/mol. The number of aromatic hydroxyl groups is 1. The van der Waals surface area contributed by atoms with E-state index in [1.165, 1.54) is 0 Å². The molecule has 1 aromatic carbocycles. The van der Waals surface area contributed by atoms with Gasteiger partial charge in [-0.15, -0.1) is 0 Å². The Hall–Kier alpha value is -0.800. The molecule has 0 aliphatic carbocycles. The van der Waals surface area contributed by atoms with Crippen molar-refractivity contribution in [3.8, 4) is 5.75 Å². The molecule has 0 bridgehead atoms. The van der Waals surface area contributed by atoms with E-state index in [0.717, 1.165) is 6.07 Å². The zero-order chi connectivity index (χ0) is 10.2. The standard InChI is InChI=1S/C9H11ClFNO/c1-4-6(10)3-7(11)9(13)8(4)5(2)12/h3,5,13H,12H2,1-2H3. The number of nitrogens with two attached hydrogens (primary N) is 1. The molecule has 4 heteroatoms. The van der Waals surface area contributed by atoms with Crippen molar-refractivity contribution >= 4 is 11.6 Å². The number of halogens is 2. The van der Waals surface area contributed by atoms with Crippen LogP contribution in [0.2, 0.25) is 5.02 Å². The lowest BCUT2D eigenvalue weighted by atomic mass is 10.0. The van der Waals surface area contributed by atoms with Gasteiger partial charge in [0, 0.05) is 16.6 Å². The minimum Gasteiger partial charge on any atom is -0.505 e. The SMILES string of the molecule is Cc1c(Cl)cc(F)c(O)c1C(C)N. The van der Waals surface area contributed by atoms with Crippen LogP contribution >= 0.6 is 11.6 Å². The van der Waals surface area contributed by atoms with Gasteiger partial charge in [-0.2, -0.15) is 0 Å². The maximum Gasteiger partial charge on any atom is 0.166 e. The highest BCUT2D eigenvalue weighted by Crippen LogP contribution is 2.33. The molecule has 0 fully saturated rings. The molecule has 1 atom stereocenters. The second-order valence-corrected chi connectivity index (χ2v) is 3.42. The van der Waals surface area contributed by atoms with Crippen LogP contribution in [0.5, 0.6) is 5.75 Å². The molecule has 0 amide bonds. The van der Waals surface area contributed by atoms with Gasteiger partial charge in [0.2, 0.25) is 0 Å². The van der Waals surface area contributed by atoms with E-state index in [9.17, 15) is 9.50 Å². The molecule has 0 heterocycles. The predicted octanol–water partition coefficient (Wildman–Crippen LogP) is 2.51. The summed E-state index contributed by atoms with van der Waals surface area (Å²) < 4.78 is 13.0. The highest BCUT2D eigenvalue weighted by atomic mass is 35.5. The summed E-state index contributed by atoms with van der Waals surface area (Å²) in [4.78, 5) is 0. The van der Waals surface area contributed by atoms with Crippen LogP contribution in [0.3, 0.4) is 0 Å². The van der Waals surface area contributed by atoms with Gasteiger partial charge in [0.15, 0.2) is 11.6 Å². The maximum atomic E-state index is 13.0. The first-order valence-electron chi connectivity index (χ1n) is 3.88. The summed E-state index contributed by atoms with van der Waals surface area (Å²) >= 11 is 5.73. The summed E-state index contributed by atoms with van der Waals surface area (Å²) in [7, 11) is 0. The van der Waals surface area contributed by atoms with Crippen molar-refractivity contribution in [3.05, 3.63) is 28.0 Å². The van der Waals surface area contributed by atoms with E-state index in [1.54, 1.807) is 13.8 Å². The van der Waals surface area contributed by atoms with Gasteiger partial charge in [-0.05, 0) is 25.5 Å². The molecule has 3 N–H and O–H groups in total.